The number of nitrogens with zero attached hydrogens (tertiary/aromatic N) is 4. The van der Waals surface area contributed by atoms with E-state index < -0.39 is 15.7 Å². The van der Waals surface area contributed by atoms with E-state index in [9.17, 15) is 13.2 Å². The van der Waals surface area contributed by atoms with Gasteiger partial charge in [0.2, 0.25) is 15.8 Å². The van der Waals surface area contributed by atoms with Crippen molar-refractivity contribution in [1.29, 1.82) is 0 Å². The summed E-state index contributed by atoms with van der Waals surface area (Å²) in [6.07, 6.45) is 4.50. The second-order valence-corrected chi connectivity index (χ2v) is 11.2. The van der Waals surface area contributed by atoms with Crippen LogP contribution in [0.25, 0.3) is 0 Å². The van der Waals surface area contributed by atoms with Gasteiger partial charge in [-0.2, -0.15) is 4.98 Å². The molecule has 0 unspecified atom stereocenters. The lowest BCUT2D eigenvalue weighted by Gasteiger charge is -2.30. The molecule has 4 rings (SSSR count). The molecular weight excluding hydrogens is 492 g/mol. The van der Waals surface area contributed by atoms with Crippen LogP contribution in [0.4, 0.5) is 11.8 Å². The number of hydrogen-bond donors (Lipinski definition) is 2. The lowest BCUT2D eigenvalue weighted by Crippen LogP contribution is -2.40. The Morgan fingerprint density at radius 1 is 1.03 bits per heavy atom. The molecule has 2 N–H and O–H groups in total. The van der Waals surface area contributed by atoms with Crippen LogP contribution < -0.4 is 20.3 Å². The van der Waals surface area contributed by atoms with Crippen LogP contribution in [0.5, 0.6) is 5.75 Å². The molecule has 0 bridgehead atoms. The van der Waals surface area contributed by atoms with Gasteiger partial charge in [-0.25, -0.2) is 18.4 Å². The molecule has 1 fully saturated rings. The Kier molecular flexibility index (Phi) is 7.91. The number of amides is 1. The molecule has 1 aromatic carbocycles. The van der Waals surface area contributed by atoms with Gasteiger partial charge in [-0.05, 0) is 62.9 Å². The number of nitrogens with one attached hydrogen (secondary N) is 2. The molecule has 0 radical (unpaired) electrons. The first-order chi connectivity index (χ1) is 17.7. The lowest BCUT2D eigenvalue weighted by molar-refractivity contribution is 0.0922. The molecule has 1 amide bonds. The monoisotopic (exact) mass is 524 g/mol. The highest BCUT2D eigenvalue weighted by Crippen LogP contribution is 2.26. The quantitative estimate of drug-likeness (QED) is 0.457. The molecule has 10 nitrogen and oxygen atoms in total. The van der Waals surface area contributed by atoms with E-state index in [-0.39, 0.29) is 27.6 Å². The fourth-order valence-corrected chi connectivity index (χ4v) is 5.73. The summed E-state index contributed by atoms with van der Waals surface area (Å²) in [5.41, 5.74) is 0.910. The van der Waals surface area contributed by atoms with Gasteiger partial charge in [0.25, 0.3) is 5.91 Å². The number of sulfone groups is 1. The summed E-state index contributed by atoms with van der Waals surface area (Å²) >= 11 is 0. The molecular formula is C26H32N6O4S. The van der Waals surface area contributed by atoms with Gasteiger partial charge in [0, 0.05) is 44.1 Å². The molecule has 1 aliphatic rings. The minimum Gasteiger partial charge on any atom is -0.497 e. The summed E-state index contributed by atoms with van der Waals surface area (Å²) in [4.78, 5) is 28.2. The van der Waals surface area contributed by atoms with Crippen LogP contribution in [0.1, 0.15) is 41.7 Å². The maximum atomic E-state index is 13.3. The summed E-state index contributed by atoms with van der Waals surface area (Å²) in [5, 5.41) is 6.15. The molecule has 11 heteroatoms. The number of hydrogen-bond acceptors (Lipinski definition) is 9. The molecule has 0 atom stereocenters. The number of carbonyl (C=O) groups is 1. The second kappa shape index (κ2) is 11.1. The Morgan fingerprint density at radius 2 is 1.76 bits per heavy atom. The number of carbonyl (C=O) groups excluding carboxylic acids is 1. The maximum Gasteiger partial charge on any atom is 0.254 e. The third-order valence-corrected chi connectivity index (χ3v) is 8.03. The molecule has 2 heterocycles. The zero-order chi connectivity index (χ0) is 26.6. The molecule has 0 aliphatic heterocycles. The fourth-order valence-electron chi connectivity index (χ4n) is 4.33. The molecule has 1 saturated carbocycles. The van der Waals surface area contributed by atoms with Crippen molar-refractivity contribution in [2.24, 2.45) is 0 Å². The SMILES string of the molecule is COc1cccc(S(=O)(=O)c2ncccc2C(=O)N[C@H]2CC[C@@H](Nc3nc(C)cc(N(C)C)n3)CC2)c1. The minimum absolute atomic E-state index is 0.0157. The van der Waals surface area contributed by atoms with Crippen molar-refractivity contribution in [2.75, 3.05) is 31.4 Å². The normalized spacial score (nSPS) is 17.6. The molecule has 196 valence electrons. The van der Waals surface area contributed by atoms with Crippen molar-refractivity contribution in [3.8, 4) is 5.75 Å². The second-order valence-electron chi connectivity index (χ2n) is 9.29. The predicted molar refractivity (Wildman–Crippen MR) is 141 cm³/mol. The van der Waals surface area contributed by atoms with E-state index in [1.807, 2.05) is 32.0 Å². The Balaban J connectivity index is 1.42. The van der Waals surface area contributed by atoms with E-state index in [1.54, 1.807) is 18.2 Å². The lowest BCUT2D eigenvalue weighted by atomic mass is 9.91. The highest BCUT2D eigenvalue weighted by Gasteiger charge is 2.29. The summed E-state index contributed by atoms with van der Waals surface area (Å²) in [6, 6.07) is 11.2. The van der Waals surface area contributed by atoms with E-state index in [4.69, 9.17) is 4.74 Å². The van der Waals surface area contributed by atoms with Crippen molar-refractivity contribution in [3.05, 3.63) is 59.9 Å². The highest BCUT2D eigenvalue weighted by atomic mass is 32.2. The molecule has 1 aliphatic carbocycles. The first-order valence-electron chi connectivity index (χ1n) is 12.1. The topological polar surface area (TPSA) is 126 Å². The highest BCUT2D eigenvalue weighted by molar-refractivity contribution is 7.91. The average molecular weight is 525 g/mol. The minimum atomic E-state index is -4.02. The Morgan fingerprint density at radius 3 is 2.46 bits per heavy atom. The Hall–Kier alpha value is -3.73. The standard InChI is InChI=1S/C26H32N6O4S/c1-17-15-23(32(2)3)31-26(28-17)30-19-12-10-18(11-13-19)29-24(33)22-9-6-14-27-25(22)37(34,35)21-8-5-7-20(16-21)36-4/h5-9,14-16,18-19H,10-13H2,1-4H3,(H,29,33)(H,28,30,31)/t18-,19+. The van der Waals surface area contributed by atoms with Gasteiger partial charge in [-0.15, -0.1) is 0 Å². The first kappa shape index (κ1) is 26.3. The zero-order valence-electron chi connectivity index (χ0n) is 21.4. The summed E-state index contributed by atoms with van der Waals surface area (Å²) in [5.74, 6) is 1.39. The van der Waals surface area contributed by atoms with Crippen molar-refractivity contribution >= 4 is 27.5 Å². The van der Waals surface area contributed by atoms with Crippen LogP contribution in [-0.4, -0.2) is 62.6 Å². The number of methoxy groups -OCH3 is 1. The number of benzene rings is 1. The van der Waals surface area contributed by atoms with Gasteiger partial charge >= 0.3 is 0 Å². The molecule has 37 heavy (non-hydrogen) atoms. The van der Waals surface area contributed by atoms with Crippen LogP contribution >= 0.6 is 0 Å². The average Bonchev–Trinajstić information content (AvgIpc) is 2.89. The van der Waals surface area contributed by atoms with Crippen LogP contribution in [0, 0.1) is 6.92 Å². The van der Waals surface area contributed by atoms with Crippen LogP contribution in [0.2, 0.25) is 0 Å². The van der Waals surface area contributed by atoms with Gasteiger partial charge in [-0.3, -0.25) is 4.79 Å². The Labute approximate surface area is 217 Å². The number of rotatable bonds is 8. The maximum absolute atomic E-state index is 13.3. The smallest absolute Gasteiger partial charge is 0.254 e. The van der Waals surface area contributed by atoms with Gasteiger partial charge in [0.05, 0.1) is 17.6 Å². The van der Waals surface area contributed by atoms with Gasteiger partial charge < -0.3 is 20.3 Å². The van der Waals surface area contributed by atoms with E-state index in [2.05, 4.69) is 25.6 Å². The van der Waals surface area contributed by atoms with Crippen LogP contribution in [-0.2, 0) is 9.84 Å². The summed E-state index contributed by atoms with van der Waals surface area (Å²) in [7, 11) is 1.32. The number of pyridine rings is 1. The van der Waals surface area contributed by atoms with E-state index in [1.165, 1.54) is 31.5 Å². The van der Waals surface area contributed by atoms with E-state index in [0.717, 1.165) is 37.2 Å². The number of anilines is 2. The summed E-state index contributed by atoms with van der Waals surface area (Å²) in [6.45, 7) is 1.94. The number of ether oxygens (including phenoxy) is 1. The van der Waals surface area contributed by atoms with Gasteiger partial charge in [-0.1, -0.05) is 6.07 Å². The van der Waals surface area contributed by atoms with Gasteiger partial charge in [0.15, 0.2) is 5.03 Å². The van der Waals surface area contributed by atoms with E-state index >= 15 is 0 Å². The fraction of sp³-hybridized carbons (Fsp3) is 0.385. The van der Waals surface area contributed by atoms with Crippen molar-refractivity contribution < 1.29 is 17.9 Å². The predicted octanol–water partition coefficient (Wildman–Crippen LogP) is 3.24. The van der Waals surface area contributed by atoms with E-state index in [0.29, 0.717) is 11.7 Å². The molecule has 3 aromatic rings. The molecule has 2 aromatic heterocycles. The first-order valence-corrected chi connectivity index (χ1v) is 13.6. The molecule has 0 spiro atoms. The Bertz CT molecular complexity index is 1370. The number of aromatic nitrogens is 3. The number of aryl methyl sites for hydroxylation is 1. The molecule has 0 saturated heterocycles. The zero-order valence-corrected chi connectivity index (χ0v) is 22.2. The van der Waals surface area contributed by atoms with Crippen molar-refractivity contribution in [1.82, 2.24) is 20.3 Å². The third-order valence-electron chi connectivity index (χ3n) is 6.32. The van der Waals surface area contributed by atoms with Gasteiger partial charge in [0.1, 0.15) is 11.6 Å². The van der Waals surface area contributed by atoms with Crippen LogP contribution in [0.3, 0.4) is 0 Å². The van der Waals surface area contributed by atoms with Crippen molar-refractivity contribution in [2.45, 2.75) is 54.6 Å². The third kappa shape index (κ3) is 6.16. The van der Waals surface area contributed by atoms with Crippen LogP contribution in [0.15, 0.2) is 58.6 Å². The summed E-state index contributed by atoms with van der Waals surface area (Å²) < 4.78 is 31.8. The largest absolute Gasteiger partial charge is 0.497 e. The van der Waals surface area contributed by atoms with Crippen molar-refractivity contribution in [3.63, 3.8) is 0 Å².